The van der Waals surface area contributed by atoms with Gasteiger partial charge < -0.3 is 0 Å². The fourth-order valence-electron chi connectivity index (χ4n) is 2.88. The Morgan fingerprint density at radius 1 is 1.23 bits per heavy atom. The lowest BCUT2D eigenvalue weighted by atomic mass is 10.0. The molecule has 0 unspecified atom stereocenters. The average Bonchev–Trinajstić information content (AvgIpc) is 3.26. The molecule has 0 saturated heterocycles. The van der Waals surface area contributed by atoms with Crippen molar-refractivity contribution in [3.63, 3.8) is 0 Å². The Hall–Kier alpha value is -2.28. The molecule has 7 heteroatoms. The Kier molecular flexibility index (Phi) is 4.48. The first-order valence-corrected chi connectivity index (χ1v) is 9.93. The molecular weight excluding hydrogens is 388 g/mol. The Morgan fingerprint density at radius 2 is 2.00 bits per heavy atom. The summed E-state index contributed by atoms with van der Waals surface area (Å²) >= 11 is 8.83. The predicted molar refractivity (Wildman–Crippen MR) is 108 cm³/mol. The molecule has 3 heterocycles. The lowest BCUT2D eigenvalue weighted by molar-refractivity contribution is 0.0974. The standard InChI is InChI=1S/C19H13ClN2O2S2/c1-11-16(12-4-6-13(20)7-5-12)17-18(26-11)21-10-22(19(17)24)9-14(23)15-3-2-8-25-15/h2-8,10H,9H2,1H3. The lowest BCUT2D eigenvalue weighted by Gasteiger charge is -2.06. The summed E-state index contributed by atoms with van der Waals surface area (Å²) in [5.74, 6) is -0.0942. The number of carbonyl (C=O) groups excluding carboxylic acids is 1. The summed E-state index contributed by atoms with van der Waals surface area (Å²) in [6.45, 7) is 1.95. The molecule has 0 saturated carbocycles. The second-order valence-electron chi connectivity index (χ2n) is 5.80. The molecule has 4 aromatic rings. The molecule has 0 radical (unpaired) electrons. The number of hydrogen-bond acceptors (Lipinski definition) is 5. The lowest BCUT2D eigenvalue weighted by Crippen LogP contribution is -2.24. The van der Waals surface area contributed by atoms with Gasteiger partial charge in [0.1, 0.15) is 4.83 Å². The van der Waals surface area contributed by atoms with E-state index in [-0.39, 0.29) is 17.9 Å². The van der Waals surface area contributed by atoms with Crippen molar-refractivity contribution in [2.75, 3.05) is 0 Å². The molecule has 0 amide bonds. The van der Waals surface area contributed by atoms with Crippen LogP contribution in [-0.4, -0.2) is 15.3 Å². The van der Waals surface area contributed by atoms with E-state index in [0.29, 0.717) is 20.1 Å². The van der Waals surface area contributed by atoms with Gasteiger partial charge in [-0.15, -0.1) is 22.7 Å². The summed E-state index contributed by atoms with van der Waals surface area (Å²) in [5, 5.41) is 3.04. The highest BCUT2D eigenvalue weighted by Gasteiger charge is 2.18. The molecule has 0 N–H and O–H groups in total. The number of carbonyl (C=O) groups is 1. The van der Waals surface area contributed by atoms with Gasteiger partial charge in [-0.2, -0.15) is 0 Å². The van der Waals surface area contributed by atoms with Crippen LogP contribution in [0, 0.1) is 6.92 Å². The van der Waals surface area contributed by atoms with Crippen molar-refractivity contribution in [1.82, 2.24) is 9.55 Å². The van der Waals surface area contributed by atoms with Crippen LogP contribution in [0.3, 0.4) is 0 Å². The van der Waals surface area contributed by atoms with Crippen LogP contribution >= 0.6 is 34.3 Å². The molecule has 0 aliphatic rings. The molecule has 0 aliphatic carbocycles. The van der Waals surface area contributed by atoms with Crippen molar-refractivity contribution in [1.29, 1.82) is 0 Å². The summed E-state index contributed by atoms with van der Waals surface area (Å²) in [6, 6.07) is 11.0. The molecule has 0 aliphatic heterocycles. The average molecular weight is 401 g/mol. The first-order chi connectivity index (χ1) is 12.5. The van der Waals surface area contributed by atoms with E-state index in [1.165, 1.54) is 33.6 Å². The number of aryl methyl sites for hydroxylation is 1. The van der Waals surface area contributed by atoms with Gasteiger partial charge in [0.25, 0.3) is 5.56 Å². The van der Waals surface area contributed by atoms with E-state index in [0.717, 1.165) is 16.0 Å². The number of ketones is 1. The monoisotopic (exact) mass is 400 g/mol. The highest BCUT2D eigenvalue weighted by Crippen LogP contribution is 2.35. The maximum Gasteiger partial charge on any atom is 0.263 e. The Labute approximate surface area is 162 Å². The molecule has 0 atom stereocenters. The SMILES string of the molecule is Cc1sc2ncn(CC(=O)c3cccs3)c(=O)c2c1-c1ccc(Cl)cc1. The maximum absolute atomic E-state index is 13.1. The molecule has 26 heavy (non-hydrogen) atoms. The number of fused-ring (bicyclic) bond motifs is 1. The van der Waals surface area contributed by atoms with Crippen molar-refractivity contribution in [2.45, 2.75) is 13.5 Å². The zero-order valence-corrected chi connectivity index (χ0v) is 16.1. The number of aromatic nitrogens is 2. The number of thiophene rings is 2. The second kappa shape index (κ2) is 6.79. The second-order valence-corrected chi connectivity index (χ2v) is 8.39. The van der Waals surface area contributed by atoms with Crippen LogP contribution in [0.25, 0.3) is 21.3 Å². The van der Waals surface area contributed by atoms with Crippen LogP contribution < -0.4 is 5.56 Å². The summed E-state index contributed by atoms with van der Waals surface area (Å²) in [5.41, 5.74) is 1.57. The fourth-order valence-corrected chi connectivity index (χ4v) is 4.67. The van der Waals surface area contributed by atoms with Gasteiger partial charge in [0, 0.05) is 15.5 Å². The summed E-state index contributed by atoms with van der Waals surface area (Å²) in [6.07, 6.45) is 1.46. The van der Waals surface area contributed by atoms with E-state index in [2.05, 4.69) is 4.98 Å². The topological polar surface area (TPSA) is 52.0 Å². The summed E-state index contributed by atoms with van der Waals surface area (Å²) in [4.78, 5) is 32.2. The third-order valence-electron chi connectivity index (χ3n) is 4.10. The molecule has 0 bridgehead atoms. The largest absolute Gasteiger partial charge is 0.291 e. The molecule has 4 rings (SSSR count). The number of nitrogens with zero attached hydrogens (tertiary/aromatic N) is 2. The first kappa shape index (κ1) is 17.1. The minimum Gasteiger partial charge on any atom is -0.291 e. The van der Waals surface area contributed by atoms with E-state index in [4.69, 9.17) is 11.6 Å². The van der Waals surface area contributed by atoms with E-state index in [1.54, 1.807) is 18.2 Å². The van der Waals surface area contributed by atoms with Crippen LogP contribution in [0.15, 0.2) is 52.9 Å². The zero-order valence-electron chi connectivity index (χ0n) is 13.7. The van der Waals surface area contributed by atoms with E-state index >= 15 is 0 Å². The molecular formula is C19H13ClN2O2S2. The third kappa shape index (κ3) is 3.00. The maximum atomic E-state index is 13.1. The molecule has 3 aromatic heterocycles. The quantitative estimate of drug-likeness (QED) is 0.451. The van der Waals surface area contributed by atoms with Crippen LogP contribution in [0.4, 0.5) is 0 Å². The molecule has 0 spiro atoms. The predicted octanol–water partition coefficient (Wildman–Crippen LogP) is 5.03. The molecule has 130 valence electrons. The van der Waals surface area contributed by atoms with Crippen molar-refractivity contribution in [3.05, 3.63) is 73.2 Å². The van der Waals surface area contributed by atoms with Gasteiger partial charge in [0.15, 0.2) is 5.78 Å². The smallest absolute Gasteiger partial charge is 0.263 e. The van der Waals surface area contributed by atoms with E-state index < -0.39 is 0 Å². The number of Topliss-reactive ketones (excluding diaryl/α,β-unsaturated/α-hetero) is 1. The Morgan fingerprint density at radius 3 is 2.69 bits per heavy atom. The van der Waals surface area contributed by atoms with Gasteiger partial charge in [-0.25, -0.2) is 4.98 Å². The van der Waals surface area contributed by atoms with Crippen molar-refractivity contribution in [2.24, 2.45) is 0 Å². The van der Waals surface area contributed by atoms with Crippen molar-refractivity contribution >= 4 is 50.3 Å². The Bertz CT molecular complexity index is 1160. The summed E-state index contributed by atoms with van der Waals surface area (Å²) < 4.78 is 1.38. The van der Waals surface area contributed by atoms with Crippen LogP contribution in [0.5, 0.6) is 0 Å². The van der Waals surface area contributed by atoms with Crippen LogP contribution in [-0.2, 0) is 6.54 Å². The van der Waals surface area contributed by atoms with Gasteiger partial charge in [0.05, 0.1) is 23.1 Å². The number of halogens is 1. The fraction of sp³-hybridized carbons (Fsp3) is 0.105. The molecule has 4 nitrogen and oxygen atoms in total. The molecule has 1 aromatic carbocycles. The Balaban J connectivity index is 1.84. The summed E-state index contributed by atoms with van der Waals surface area (Å²) in [7, 11) is 0. The number of benzene rings is 1. The van der Waals surface area contributed by atoms with Crippen LogP contribution in [0.1, 0.15) is 14.5 Å². The van der Waals surface area contributed by atoms with Crippen molar-refractivity contribution < 1.29 is 4.79 Å². The first-order valence-electron chi connectivity index (χ1n) is 7.86. The highest BCUT2D eigenvalue weighted by atomic mass is 35.5. The minimum atomic E-state index is -0.200. The van der Waals surface area contributed by atoms with E-state index in [1.807, 2.05) is 30.5 Å². The minimum absolute atomic E-state index is 0.0166. The van der Waals surface area contributed by atoms with Gasteiger partial charge in [-0.3, -0.25) is 14.2 Å². The van der Waals surface area contributed by atoms with Gasteiger partial charge in [-0.1, -0.05) is 29.8 Å². The van der Waals surface area contributed by atoms with Crippen molar-refractivity contribution in [3.8, 4) is 11.1 Å². The zero-order chi connectivity index (χ0) is 18.3. The molecule has 0 fully saturated rings. The van der Waals surface area contributed by atoms with Gasteiger partial charge >= 0.3 is 0 Å². The third-order valence-corrected chi connectivity index (χ3v) is 6.27. The number of rotatable bonds is 4. The van der Waals surface area contributed by atoms with Gasteiger partial charge in [0.2, 0.25) is 0 Å². The normalized spacial score (nSPS) is 11.2. The number of hydrogen-bond donors (Lipinski definition) is 0. The van der Waals surface area contributed by atoms with Crippen LogP contribution in [0.2, 0.25) is 5.02 Å². The van der Waals surface area contributed by atoms with Gasteiger partial charge in [-0.05, 0) is 36.1 Å². The van der Waals surface area contributed by atoms with E-state index in [9.17, 15) is 9.59 Å². The highest BCUT2D eigenvalue weighted by molar-refractivity contribution is 7.19.